The number of hydrogen-bond acceptors (Lipinski definition) is 4. The molecule has 6 heteroatoms. The van der Waals surface area contributed by atoms with E-state index in [9.17, 15) is 9.59 Å². The molecule has 98 valence electrons. The van der Waals surface area contributed by atoms with Gasteiger partial charge in [0.15, 0.2) is 6.61 Å². The van der Waals surface area contributed by atoms with E-state index in [2.05, 4.69) is 10.3 Å². The molecule has 1 aromatic carbocycles. The van der Waals surface area contributed by atoms with Crippen molar-refractivity contribution < 1.29 is 19.2 Å². The Balaban J connectivity index is 2.35. The minimum Gasteiger partial charge on any atom is -0.496 e. The van der Waals surface area contributed by atoms with Crippen LogP contribution in [0.25, 0.3) is 0 Å². The van der Waals surface area contributed by atoms with Crippen LogP contribution < -0.4 is 16.0 Å². The molecule has 0 aromatic heterocycles. The largest absolute Gasteiger partial charge is 0.496 e. The molecule has 3 N–H and O–H groups in total. The average Bonchev–Trinajstić information content (AvgIpc) is 2.36. The van der Waals surface area contributed by atoms with Crippen molar-refractivity contribution in [1.29, 1.82) is 0 Å². The summed E-state index contributed by atoms with van der Waals surface area (Å²) in [6.45, 7) is -0.333. The predicted molar refractivity (Wildman–Crippen MR) is 64.6 cm³/mol. The zero-order valence-corrected chi connectivity index (χ0v) is 10.1. The number of para-hydroxylation sites is 1. The van der Waals surface area contributed by atoms with E-state index in [0.29, 0.717) is 6.42 Å². The van der Waals surface area contributed by atoms with Crippen LogP contribution in [0.3, 0.4) is 0 Å². The SMILES string of the molecule is COc1ccccc1CCC(=O)NOCC(N)=O. The Kier molecular flexibility index (Phi) is 5.66. The van der Waals surface area contributed by atoms with Gasteiger partial charge in [-0.1, -0.05) is 18.2 Å². The Morgan fingerprint density at radius 2 is 2.06 bits per heavy atom. The topological polar surface area (TPSA) is 90.7 Å². The first-order valence-electron chi connectivity index (χ1n) is 5.44. The Labute approximate surface area is 105 Å². The zero-order valence-electron chi connectivity index (χ0n) is 10.1. The number of ether oxygens (including phenoxy) is 1. The standard InChI is InChI=1S/C12H16N2O4/c1-17-10-5-3-2-4-9(10)6-7-12(16)14-18-8-11(13)15/h2-5H,6-8H2,1H3,(H2,13,15)(H,14,16). The molecule has 18 heavy (non-hydrogen) atoms. The fraction of sp³-hybridized carbons (Fsp3) is 0.333. The van der Waals surface area contributed by atoms with Gasteiger partial charge in [-0.25, -0.2) is 5.48 Å². The summed E-state index contributed by atoms with van der Waals surface area (Å²) in [4.78, 5) is 26.3. The molecule has 0 unspecified atom stereocenters. The first kappa shape index (κ1) is 14.0. The summed E-state index contributed by atoms with van der Waals surface area (Å²) in [7, 11) is 1.58. The summed E-state index contributed by atoms with van der Waals surface area (Å²) >= 11 is 0. The fourth-order valence-electron chi connectivity index (χ4n) is 1.40. The third-order valence-electron chi connectivity index (χ3n) is 2.21. The molecule has 1 rings (SSSR count). The molecule has 2 amide bonds. The lowest BCUT2D eigenvalue weighted by Gasteiger charge is -2.08. The van der Waals surface area contributed by atoms with E-state index in [0.717, 1.165) is 11.3 Å². The minimum absolute atomic E-state index is 0.235. The number of hydrogen-bond donors (Lipinski definition) is 2. The number of hydroxylamine groups is 1. The van der Waals surface area contributed by atoms with Crippen LogP contribution in [0.1, 0.15) is 12.0 Å². The monoisotopic (exact) mass is 252 g/mol. The van der Waals surface area contributed by atoms with Crippen LogP contribution in [0.4, 0.5) is 0 Å². The van der Waals surface area contributed by atoms with Gasteiger partial charge in [0.2, 0.25) is 11.8 Å². The number of methoxy groups -OCH3 is 1. The van der Waals surface area contributed by atoms with Crippen LogP contribution in [0.5, 0.6) is 5.75 Å². The maximum Gasteiger partial charge on any atom is 0.246 e. The molecule has 0 atom stereocenters. The molecule has 0 aliphatic heterocycles. The average molecular weight is 252 g/mol. The summed E-state index contributed by atoms with van der Waals surface area (Å²) in [6.07, 6.45) is 0.759. The molecule has 0 bridgehead atoms. The minimum atomic E-state index is -0.639. The van der Waals surface area contributed by atoms with Crippen LogP contribution in [0.2, 0.25) is 0 Å². The molecule has 0 aliphatic rings. The maximum atomic E-state index is 11.4. The highest BCUT2D eigenvalue weighted by molar-refractivity contribution is 5.77. The van der Waals surface area contributed by atoms with Gasteiger partial charge < -0.3 is 10.5 Å². The summed E-state index contributed by atoms with van der Waals surface area (Å²) in [5.41, 5.74) is 7.93. The van der Waals surface area contributed by atoms with Gasteiger partial charge in [0, 0.05) is 6.42 Å². The van der Waals surface area contributed by atoms with Gasteiger partial charge in [-0.3, -0.25) is 14.4 Å². The van der Waals surface area contributed by atoms with Crippen LogP contribution in [0, 0.1) is 0 Å². The highest BCUT2D eigenvalue weighted by Gasteiger charge is 2.06. The van der Waals surface area contributed by atoms with Gasteiger partial charge >= 0.3 is 0 Å². The third-order valence-corrected chi connectivity index (χ3v) is 2.21. The highest BCUT2D eigenvalue weighted by atomic mass is 16.7. The number of carbonyl (C=O) groups is 2. The van der Waals surface area contributed by atoms with Crippen molar-refractivity contribution in [2.75, 3.05) is 13.7 Å². The van der Waals surface area contributed by atoms with Gasteiger partial charge in [-0.15, -0.1) is 0 Å². The van der Waals surface area contributed by atoms with Crippen LogP contribution in [-0.2, 0) is 20.8 Å². The van der Waals surface area contributed by atoms with Crippen LogP contribution in [-0.4, -0.2) is 25.5 Å². The molecule has 0 radical (unpaired) electrons. The second-order valence-electron chi connectivity index (χ2n) is 3.59. The summed E-state index contributed by atoms with van der Waals surface area (Å²) in [6, 6.07) is 7.45. The predicted octanol–water partition coefficient (Wildman–Crippen LogP) is 0.161. The van der Waals surface area contributed by atoms with Crippen molar-refractivity contribution in [1.82, 2.24) is 5.48 Å². The first-order chi connectivity index (χ1) is 8.63. The number of primary amides is 1. The van der Waals surface area contributed by atoms with E-state index in [4.69, 9.17) is 10.5 Å². The number of nitrogens with two attached hydrogens (primary N) is 1. The van der Waals surface area contributed by atoms with Crippen molar-refractivity contribution in [2.24, 2.45) is 5.73 Å². The molecular weight excluding hydrogens is 236 g/mol. The first-order valence-corrected chi connectivity index (χ1v) is 5.44. The van der Waals surface area contributed by atoms with Crippen molar-refractivity contribution in [3.8, 4) is 5.75 Å². The van der Waals surface area contributed by atoms with Crippen molar-refractivity contribution in [3.05, 3.63) is 29.8 Å². The lowest BCUT2D eigenvalue weighted by atomic mass is 10.1. The van der Waals surface area contributed by atoms with E-state index in [1.54, 1.807) is 7.11 Å². The fourth-order valence-corrected chi connectivity index (χ4v) is 1.40. The number of nitrogens with one attached hydrogen (secondary N) is 1. The molecule has 0 heterocycles. The number of benzene rings is 1. The van der Waals surface area contributed by atoms with E-state index < -0.39 is 5.91 Å². The highest BCUT2D eigenvalue weighted by Crippen LogP contribution is 2.18. The quantitative estimate of drug-likeness (QED) is 0.676. The molecule has 0 saturated heterocycles. The second kappa shape index (κ2) is 7.29. The number of carbonyl (C=O) groups excluding carboxylic acids is 2. The third kappa shape index (κ3) is 4.84. The Morgan fingerprint density at radius 1 is 1.33 bits per heavy atom. The number of amides is 2. The van der Waals surface area contributed by atoms with E-state index in [1.165, 1.54) is 0 Å². The normalized spacial score (nSPS) is 9.83. The molecule has 0 fully saturated rings. The smallest absolute Gasteiger partial charge is 0.246 e. The molecule has 1 aromatic rings. The Hall–Kier alpha value is -2.08. The zero-order chi connectivity index (χ0) is 13.4. The van der Waals surface area contributed by atoms with Crippen molar-refractivity contribution in [2.45, 2.75) is 12.8 Å². The summed E-state index contributed by atoms with van der Waals surface area (Å²) < 4.78 is 5.17. The summed E-state index contributed by atoms with van der Waals surface area (Å²) in [5.74, 6) is -0.217. The van der Waals surface area contributed by atoms with Gasteiger partial charge in [0.05, 0.1) is 7.11 Å². The van der Waals surface area contributed by atoms with E-state index in [1.807, 2.05) is 24.3 Å². The lowest BCUT2D eigenvalue weighted by Crippen LogP contribution is -2.29. The summed E-state index contributed by atoms with van der Waals surface area (Å²) in [5, 5.41) is 0. The maximum absolute atomic E-state index is 11.4. The van der Waals surface area contributed by atoms with Gasteiger partial charge in [-0.05, 0) is 18.1 Å². The molecule has 0 spiro atoms. The van der Waals surface area contributed by atoms with Crippen molar-refractivity contribution in [3.63, 3.8) is 0 Å². The molecular formula is C12H16N2O4. The second-order valence-corrected chi connectivity index (χ2v) is 3.59. The van der Waals surface area contributed by atoms with E-state index >= 15 is 0 Å². The van der Waals surface area contributed by atoms with Crippen LogP contribution in [0.15, 0.2) is 24.3 Å². The molecule has 0 aliphatic carbocycles. The number of rotatable bonds is 7. The Bertz CT molecular complexity index is 420. The van der Waals surface area contributed by atoms with Gasteiger partial charge in [0.25, 0.3) is 0 Å². The Morgan fingerprint density at radius 3 is 2.72 bits per heavy atom. The molecule has 6 nitrogen and oxygen atoms in total. The molecule has 0 saturated carbocycles. The van der Waals surface area contributed by atoms with Gasteiger partial charge in [-0.2, -0.15) is 0 Å². The van der Waals surface area contributed by atoms with Crippen LogP contribution >= 0.6 is 0 Å². The van der Waals surface area contributed by atoms with Gasteiger partial charge in [0.1, 0.15) is 5.75 Å². The van der Waals surface area contributed by atoms with Crippen molar-refractivity contribution >= 4 is 11.8 Å². The lowest BCUT2D eigenvalue weighted by molar-refractivity contribution is -0.137. The number of aryl methyl sites for hydroxylation is 1. The van der Waals surface area contributed by atoms with E-state index in [-0.39, 0.29) is 18.9 Å².